The summed E-state index contributed by atoms with van der Waals surface area (Å²) in [4.78, 5) is 23.5. The van der Waals surface area contributed by atoms with Crippen molar-refractivity contribution in [1.29, 1.82) is 0 Å². The SMILES string of the molecule is CC[C@@H](Nc1ccc(NC(=O)c2ccco2)c(Cl)c1)C(=O)OC. The Balaban J connectivity index is 2.08. The van der Waals surface area contributed by atoms with Gasteiger partial charge in [0.15, 0.2) is 5.76 Å². The number of furan rings is 1. The second-order valence-electron chi connectivity index (χ2n) is 4.75. The minimum Gasteiger partial charge on any atom is -0.467 e. The van der Waals surface area contributed by atoms with Gasteiger partial charge in [-0.05, 0) is 36.8 Å². The number of carbonyl (C=O) groups is 2. The van der Waals surface area contributed by atoms with E-state index in [1.54, 1.807) is 30.3 Å². The monoisotopic (exact) mass is 336 g/mol. The molecule has 2 N–H and O–H groups in total. The van der Waals surface area contributed by atoms with Crippen LogP contribution in [-0.2, 0) is 9.53 Å². The van der Waals surface area contributed by atoms with Crippen LogP contribution in [0.3, 0.4) is 0 Å². The maximum atomic E-state index is 11.9. The molecule has 23 heavy (non-hydrogen) atoms. The smallest absolute Gasteiger partial charge is 0.328 e. The molecule has 0 unspecified atom stereocenters. The van der Waals surface area contributed by atoms with Gasteiger partial charge in [-0.25, -0.2) is 4.79 Å². The van der Waals surface area contributed by atoms with Crippen LogP contribution in [0.1, 0.15) is 23.9 Å². The van der Waals surface area contributed by atoms with E-state index in [0.717, 1.165) is 0 Å². The molecular weight excluding hydrogens is 320 g/mol. The number of amides is 1. The van der Waals surface area contributed by atoms with Gasteiger partial charge < -0.3 is 19.8 Å². The normalized spacial score (nSPS) is 11.6. The molecule has 1 amide bonds. The highest BCUT2D eigenvalue weighted by Gasteiger charge is 2.17. The maximum absolute atomic E-state index is 11.9. The van der Waals surface area contributed by atoms with Gasteiger partial charge in [-0.3, -0.25) is 4.79 Å². The van der Waals surface area contributed by atoms with E-state index in [4.69, 9.17) is 20.8 Å². The predicted octanol–water partition coefficient (Wildman–Crippen LogP) is 3.55. The Kier molecular flexibility index (Phi) is 5.65. The standard InChI is InChI=1S/C16H17ClN2O4/c1-3-12(16(21)22-2)18-10-6-7-13(11(17)9-10)19-15(20)14-5-4-8-23-14/h4-9,12,18H,3H2,1-2H3,(H,19,20)/t12-/m1/s1. The van der Waals surface area contributed by atoms with E-state index in [2.05, 4.69) is 10.6 Å². The first-order chi connectivity index (χ1) is 11.0. The minimum absolute atomic E-state index is 0.194. The molecule has 1 aromatic heterocycles. The molecule has 6 nitrogen and oxygen atoms in total. The molecule has 1 atom stereocenters. The summed E-state index contributed by atoms with van der Waals surface area (Å²) >= 11 is 6.17. The second kappa shape index (κ2) is 7.69. The van der Waals surface area contributed by atoms with E-state index < -0.39 is 11.9 Å². The lowest BCUT2D eigenvalue weighted by molar-refractivity contribution is -0.141. The molecule has 0 bridgehead atoms. The number of carbonyl (C=O) groups excluding carboxylic acids is 2. The predicted molar refractivity (Wildman–Crippen MR) is 87.8 cm³/mol. The molecule has 1 aromatic carbocycles. The van der Waals surface area contributed by atoms with Crippen LogP contribution >= 0.6 is 11.6 Å². The number of hydrogen-bond acceptors (Lipinski definition) is 5. The maximum Gasteiger partial charge on any atom is 0.328 e. The molecule has 0 aliphatic rings. The van der Waals surface area contributed by atoms with Crippen molar-refractivity contribution in [2.75, 3.05) is 17.7 Å². The number of rotatable bonds is 6. The topological polar surface area (TPSA) is 80.6 Å². The fourth-order valence-electron chi connectivity index (χ4n) is 1.97. The van der Waals surface area contributed by atoms with E-state index in [1.165, 1.54) is 13.4 Å². The van der Waals surface area contributed by atoms with Crippen molar-refractivity contribution in [3.05, 3.63) is 47.4 Å². The molecule has 0 spiro atoms. The first-order valence-corrected chi connectivity index (χ1v) is 7.41. The lowest BCUT2D eigenvalue weighted by Crippen LogP contribution is -2.29. The van der Waals surface area contributed by atoms with Crippen LogP contribution in [0, 0.1) is 0 Å². The Labute approximate surface area is 138 Å². The minimum atomic E-state index is -0.459. The average Bonchev–Trinajstić information content (AvgIpc) is 3.08. The van der Waals surface area contributed by atoms with Crippen LogP contribution in [0.5, 0.6) is 0 Å². The fourth-order valence-corrected chi connectivity index (χ4v) is 2.20. The molecule has 122 valence electrons. The number of esters is 1. The lowest BCUT2D eigenvalue weighted by Gasteiger charge is -2.16. The van der Waals surface area contributed by atoms with Gasteiger partial charge in [0.2, 0.25) is 0 Å². The van der Waals surface area contributed by atoms with Gasteiger partial charge in [-0.2, -0.15) is 0 Å². The van der Waals surface area contributed by atoms with E-state index in [0.29, 0.717) is 22.8 Å². The summed E-state index contributed by atoms with van der Waals surface area (Å²) < 4.78 is 9.74. The first kappa shape index (κ1) is 16.9. The Morgan fingerprint density at radius 2 is 2.13 bits per heavy atom. The Hall–Kier alpha value is -2.47. The van der Waals surface area contributed by atoms with Crippen molar-refractivity contribution < 1.29 is 18.7 Å². The number of ether oxygens (including phenoxy) is 1. The average molecular weight is 337 g/mol. The number of nitrogens with one attached hydrogen (secondary N) is 2. The van der Waals surface area contributed by atoms with Crippen LogP contribution in [0.25, 0.3) is 0 Å². The van der Waals surface area contributed by atoms with Crippen molar-refractivity contribution in [1.82, 2.24) is 0 Å². The number of anilines is 2. The molecule has 1 heterocycles. The molecule has 0 radical (unpaired) electrons. The molecule has 7 heteroatoms. The van der Waals surface area contributed by atoms with E-state index >= 15 is 0 Å². The van der Waals surface area contributed by atoms with Gasteiger partial charge >= 0.3 is 5.97 Å². The molecule has 0 aliphatic carbocycles. The number of benzene rings is 1. The third kappa shape index (κ3) is 4.26. The van der Waals surface area contributed by atoms with Crippen molar-refractivity contribution in [2.24, 2.45) is 0 Å². The molecule has 0 saturated carbocycles. The third-order valence-electron chi connectivity index (χ3n) is 3.20. The first-order valence-electron chi connectivity index (χ1n) is 7.04. The largest absolute Gasteiger partial charge is 0.467 e. The van der Waals surface area contributed by atoms with Gasteiger partial charge in [-0.1, -0.05) is 18.5 Å². The molecule has 0 fully saturated rings. The van der Waals surface area contributed by atoms with Crippen LogP contribution in [-0.4, -0.2) is 25.0 Å². The Morgan fingerprint density at radius 3 is 2.70 bits per heavy atom. The fraction of sp³-hybridized carbons (Fsp3) is 0.250. The van der Waals surface area contributed by atoms with E-state index in [1.807, 2.05) is 6.92 Å². The zero-order valence-corrected chi connectivity index (χ0v) is 13.5. The van der Waals surface area contributed by atoms with Crippen LogP contribution in [0.15, 0.2) is 41.0 Å². The molecule has 2 aromatic rings. The lowest BCUT2D eigenvalue weighted by atomic mass is 10.2. The van der Waals surface area contributed by atoms with Gasteiger partial charge in [0.1, 0.15) is 6.04 Å². The zero-order valence-electron chi connectivity index (χ0n) is 12.8. The summed E-state index contributed by atoms with van der Waals surface area (Å²) in [5.74, 6) is -0.544. The summed E-state index contributed by atoms with van der Waals surface area (Å²) in [6.45, 7) is 1.87. The van der Waals surface area contributed by atoms with E-state index in [-0.39, 0.29) is 11.7 Å². The third-order valence-corrected chi connectivity index (χ3v) is 3.51. The van der Waals surface area contributed by atoms with Crippen LogP contribution < -0.4 is 10.6 Å². The van der Waals surface area contributed by atoms with Gasteiger partial charge in [0.05, 0.1) is 24.1 Å². The van der Waals surface area contributed by atoms with Crippen molar-refractivity contribution in [3.63, 3.8) is 0 Å². The number of halogens is 1. The molecular formula is C16H17ClN2O4. The van der Waals surface area contributed by atoms with E-state index in [9.17, 15) is 9.59 Å². The Morgan fingerprint density at radius 1 is 1.35 bits per heavy atom. The van der Waals surface area contributed by atoms with Gasteiger partial charge in [0, 0.05) is 5.69 Å². The highest BCUT2D eigenvalue weighted by molar-refractivity contribution is 6.34. The quantitative estimate of drug-likeness (QED) is 0.788. The summed E-state index contributed by atoms with van der Waals surface area (Å²) in [5.41, 5.74) is 1.10. The summed E-state index contributed by atoms with van der Waals surface area (Å²) in [6, 6.07) is 7.72. The van der Waals surface area contributed by atoms with Crippen molar-refractivity contribution >= 4 is 34.9 Å². The number of methoxy groups -OCH3 is 1. The van der Waals surface area contributed by atoms with Crippen LogP contribution in [0.4, 0.5) is 11.4 Å². The molecule has 0 saturated heterocycles. The van der Waals surface area contributed by atoms with Gasteiger partial charge in [0.25, 0.3) is 5.91 Å². The molecule has 2 rings (SSSR count). The van der Waals surface area contributed by atoms with Crippen molar-refractivity contribution in [3.8, 4) is 0 Å². The highest BCUT2D eigenvalue weighted by atomic mass is 35.5. The molecule has 0 aliphatic heterocycles. The summed E-state index contributed by atoms with van der Waals surface area (Å²) in [5, 5.41) is 6.04. The van der Waals surface area contributed by atoms with Crippen LogP contribution in [0.2, 0.25) is 5.02 Å². The summed E-state index contributed by atoms with van der Waals surface area (Å²) in [7, 11) is 1.34. The number of hydrogen-bond donors (Lipinski definition) is 2. The van der Waals surface area contributed by atoms with Crippen molar-refractivity contribution in [2.45, 2.75) is 19.4 Å². The Bertz CT molecular complexity index is 685. The second-order valence-corrected chi connectivity index (χ2v) is 5.16. The zero-order chi connectivity index (χ0) is 16.8. The highest BCUT2D eigenvalue weighted by Crippen LogP contribution is 2.26. The summed E-state index contributed by atoms with van der Waals surface area (Å²) in [6.07, 6.45) is 1.99. The van der Waals surface area contributed by atoms with Gasteiger partial charge in [-0.15, -0.1) is 0 Å².